The molecule has 0 aromatic heterocycles. The molecule has 6 rings (SSSR count). The first-order chi connectivity index (χ1) is 23.5. The highest BCUT2D eigenvalue weighted by atomic mass is 32.2. The van der Waals surface area contributed by atoms with E-state index in [4.69, 9.17) is 16.1 Å². The van der Waals surface area contributed by atoms with E-state index in [1.54, 1.807) is 84.9 Å². The second-order valence-corrected chi connectivity index (χ2v) is 12.1. The number of phenols is 1. The van der Waals surface area contributed by atoms with Crippen LogP contribution in [0.4, 0.5) is 39.8 Å². The van der Waals surface area contributed by atoms with Crippen LogP contribution in [0.5, 0.6) is 5.75 Å². The second kappa shape index (κ2) is 13.5. The monoisotopic (exact) mass is 678 g/mol. The van der Waals surface area contributed by atoms with E-state index in [1.165, 1.54) is 18.2 Å². The molecule has 0 heterocycles. The summed E-state index contributed by atoms with van der Waals surface area (Å²) in [6.45, 7) is -0.119. The van der Waals surface area contributed by atoms with Crippen LogP contribution in [-0.4, -0.2) is 34.4 Å². The Morgan fingerprint density at radius 3 is 2.06 bits per heavy atom. The van der Waals surface area contributed by atoms with Crippen LogP contribution < -0.4 is 11.1 Å². The van der Waals surface area contributed by atoms with E-state index in [2.05, 4.69) is 30.7 Å². The van der Waals surface area contributed by atoms with Crippen LogP contribution in [0.1, 0.15) is 15.9 Å². The summed E-state index contributed by atoms with van der Waals surface area (Å²) in [6.07, 6.45) is 0. The lowest BCUT2D eigenvalue weighted by Gasteiger charge is -2.12. The maximum Gasteiger partial charge on any atom is 0.335 e. The number of nitrogens with two attached hydrogens (primary N) is 1. The van der Waals surface area contributed by atoms with Gasteiger partial charge in [0, 0.05) is 38.8 Å². The minimum Gasteiger partial charge on any atom is -0.505 e. The summed E-state index contributed by atoms with van der Waals surface area (Å²) in [5.41, 5.74) is 8.82. The van der Waals surface area contributed by atoms with Crippen LogP contribution in [0.3, 0.4) is 0 Å². The molecule has 0 amide bonds. The fourth-order valence-corrected chi connectivity index (χ4v) is 5.74. The number of carbonyl (C=O) groups is 1. The lowest BCUT2D eigenvalue weighted by Crippen LogP contribution is -1.99. The van der Waals surface area contributed by atoms with E-state index in [1.807, 2.05) is 0 Å². The maximum atomic E-state index is 12.4. The molecule has 0 radical (unpaired) electrons. The van der Waals surface area contributed by atoms with Crippen molar-refractivity contribution in [1.82, 2.24) is 0 Å². The molecule has 15 heteroatoms. The molecule has 0 bridgehead atoms. The average molecular weight is 679 g/mol. The quantitative estimate of drug-likeness (QED) is 0.0265. The highest BCUT2D eigenvalue weighted by Crippen LogP contribution is 2.43. The van der Waals surface area contributed by atoms with Crippen molar-refractivity contribution in [2.24, 2.45) is 20.5 Å². The number of benzene rings is 6. The van der Waals surface area contributed by atoms with Crippen LogP contribution in [-0.2, 0) is 21.6 Å². The van der Waals surface area contributed by atoms with Crippen LogP contribution in [0.15, 0.2) is 128 Å². The van der Waals surface area contributed by atoms with Crippen LogP contribution in [0.2, 0.25) is 0 Å². The van der Waals surface area contributed by atoms with Gasteiger partial charge in [0.15, 0.2) is 5.75 Å². The third-order valence-corrected chi connectivity index (χ3v) is 8.37. The van der Waals surface area contributed by atoms with Crippen LogP contribution in [0.25, 0.3) is 21.5 Å². The molecular weight excluding hydrogens is 652 g/mol. The summed E-state index contributed by atoms with van der Waals surface area (Å²) in [7, 11) is -4.85. The van der Waals surface area contributed by atoms with Gasteiger partial charge in [0.25, 0.3) is 10.1 Å². The Balaban J connectivity index is 1.37. The smallest absolute Gasteiger partial charge is 0.335 e. The zero-order chi connectivity index (χ0) is 34.7. The first-order valence-electron chi connectivity index (χ1n) is 14.4. The number of nitrogens with one attached hydrogen (secondary N) is 1. The Kier molecular flexibility index (Phi) is 8.98. The molecule has 0 fully saturated rings. The number of anilines is 3. The van der Waals surface area contributed by atoms with Gasteiger partial charge in [-0.3, -0.25) is 9.81 Å². The maximum absolute atomic E-state index is 12.4. The van der Waals surface area contributed by atoms with E-state index < -0.39 is 32.4 Å². The fourth-order valence-electron chi connectivity index (χ4n) is 5.08. The van der Waals surface area contributed by atoms with Crippen molar-refractivity contribution in [1.29, 1.82) is 0 Å². The number of carboxylic acid groups (broad SMARTS) is 1. The number of carboxylic acids is 1. The van der Waals surface area contributed by atoms with Crippen LogP contribution in [0, 0.1) is 0 Å². The SMILES string of the molecule is Nc1ccc(N=Nc2ccc(N=Nc3c(S(=O)(=O)O)cc4ccc(Nc5ccc(C(=O)O)cc5)cc4c3O)c3ccccc23)cc1COO. The molecule has 0 spiro atoms. The Hall–Kier alpha value is -6.26. The van der Waals surface area contributed by atoms with Gasteiger partial charge in [-0.15, -0.1) is 15.3 Å². The van der Waals surface area contributed by atoms with Crippen molar-refractivity contribution in [2.75, 3.05) is 11.1 Å². The molecule has 6 aromatic rings. The molecule has 0 aliphatic heterocycles. The first-order valence-corrected chi connectivity index (χ1v) is 15.8. The minimum atomic E-state index is -4.85. The highest BCUT2D eigenvalue weighted by Gasteiger charge is 2.22. The molecule has 7 N–H and O–H groups in total. The van der Waals surface area contributed by atoms with Gasteiger partial charge in [-0.25, -0.2) is 9.68 Å². The first kappa shape index (κ1) is 32.7. The third kappa shape index (κ3) is 7.04. The number of aromatic hydroxyl groups is 1. The summed E-state index contributed by atoms with van der Waals surface area (Å²) in [5.74, 6) is -1.60. The van der Waals surface area contributed by atoms with Crippen molar-refractivity contribution < 1.29 is 38.1 Å². The summed E-state index contributed by atoms with van der Waals surface area (Å²) in [4.78, 5) is 14.7. The van der Waals surface area contributed by atoms with E-state index >= 15 is 0 Å². The number of rotatable bonds is 10. The van der Waals surface area contributed by atoms with Gasteiger partial charge in [0.2, 0.25) is 0 Å². The molecule has 14 nitrogen and oxygen atoms in total. The highest BCUT2D eigenvalue weighted by molar-refractivity contribution is 7.86. The van der Waals surface area contributed by atoms with E-state index in [0.29, 0.717) is 55.8 Å². The molecule has 0 aliphatic carbocycles. The van der Waals surface area contributed by atoms with Crippen molar-refractivity contribution in [2.45, 2.75) is 11.5 Å². The van der Waals surface area contributed by atoms with E-state index in [-0.39, 0.29) is 17.6 Å². The predicted octanol–water partition coefficient (Wildman–Crippen LogP) is 8.79. The van der Waals surface area contributed by atoms with Gasteiger partial charge < -0.3 is 21.3 Å². The number of hydrogen-bond acceptors (Lipinski definition) is 12. The van der Waals surface area contributed by atoms with Gasteiger partial charge in [-0.1, -0.05) is 30.3 Å². The zero-order valence-corrected chi connectivity index (χ0v) is 26.0. The molecule has 0 unspecified atom stereocenters. The largest absolute Gasteiger partial charge is 0.505 e. The van der Waals surface area contributed by atoms with Crippen molar-refractivity contribution in [3.05, 3.63) is 114 Å². The van der Waals surface area contributed by atoms with Crippen molar-refractivity contribution in [3.8, 4) is 5.75 Å². The van der Waals surface area contributed by atoms with Crippen LogP contribution >= 0.6 is 0 Å². The van der Waals surface area contributed by atoms with Gasteiger partial charge in [-0.2, -0.15) is 13.5 Å². The van der Waals surface area contributed by atoms with Gasteiger partial charge in [0.1, 0.15) is 17.2 Å². The van der Waals surface area contributed by atoms with Gasteiger partial charge >= 0.3 is 5.97 Å². The summed E-state index contributed by atoms with van der Waals surface area (Å²) < 4.78 is 34.9. The summed E-state index contributed by atoms with van der Waals surface area (Å²) in [6, 6.07) is 27.2. The molecule has 0 saturated carbocycles. The molecule has 246 valence electrons. The lowest BCUT2D eigenvalue weighted by atomic mass is 10.1. The number of fused-ring (bicyclic) bond motifs is 2. The number of aromatic carboxylic acids is 1. The average Bonchev–Trinajstić information content (AvgIpc) is 3.08. The van der Waals surface area contributed by atoms with E-state index in [0.717, 1.165) is 0 Å². The minimum absolute atomic E-state index is 0.115. The molecule has 6 aromatic carbocycles. The molecule has 49 heavy (non-hydrogen) atoms. The van der Waals surface area contributed by atoms with Crippen molar-refractivity contribution in [3.63, 3.8) is 0 Å². The predicted molar refractivity (Wildman–Crippen MR) is 183 cm³/mol. The Morgan fingerprint density at radius 1 is 0.776 bits per heavy atom. The fraction of sp³-hybridized carbons (Fsp3) is 0.0294. The third-order valence-electron chi connectivity index (χ3n) is 7.51. The zero-order valence-electron chi connectivity index (χ0n) is 25.2. The summed E-state index contributed by atoms with van der Waals surface area (Å²) in [5, 5.41) is 51.1. The lowest BCUT2D eigenvalue weighted by molar-refractivity contribution is -0.252. The molecular formula is C34H26N6O8S. The second-order valence-electron chi connectivity index (χ2n) is 10.7. The summed E-state index contributed by atoms with van der Waals surface area (Å²) >= 11 is 0. The molecule has 0 atom stereocenters. The topological polar surface area (TPSA) is 229 Å². The molecule has 0 saturated heterocycles. The number of hydrogen-bond donors (Lipinski definition) is 6. The number of azo groups is 2. The Bertz CT molecular complexity index is 2420. The van der Waals surface area contributed by atoms with Gasteiger partial charge in [-0.05, 0) is 78.2 Å². The Morgan fingerprint density at radius 2 is 1.43 bits per heavy atom. The Labute approximate surface area is 278 Å². The standard InChI is InChI=1S/C34H26N6O8S/c35-28-12-11-24(15-21(28)18-48-44)37-38-29-13-14-30(26-4-2-1-3-25(26)29)39-40-32-31(49(45,46)47)16-20-7-10-23(17-27(20)33(32)41)36-22-8-5-19(6-9-22)34(42)43/h1-17,36,41,44H,18,35H2,(H,42,43)(H,45,46,47). The normalized spacial score (nSPS) is 12.0. The van der Waals surface area contributed by atoms with Crippen molar-refractivity contribution >= 4 is 77.4 Å². The number of phenolic OH excluding ortho intramolecular Hbond substituents is 1. The number of nitrogen functional groups attached to an aromatic ring is 1. The molecule has 0 aliphatic rings. The number of nitrogens with zero attached hydrogens (tertiary/aromatic N) is 4. The van der Waals surface area contributed by atoms with Gasteiger partial charge in [0.05, 0.1) is 22.6 Å². The van der Waals surface area contributed by atoms with E-state index in [9.17, 15) is 22.9 Å².